The minimum absolute atomic E-state index is 0.0733. The summed E-state index contributed by atoms with van der Waals surface area (Å²) >= 11 is 0. The molecule has 0 spiro atoms. The number of aromatic amines is 1. The van der Waals surface area contributed by atoms with Crippen LogP contribution in [0, 0.1) is 0 Å². The summed E-state index contributed by atoms with van der Waals surface area (Å²) in [5.41, 5.74) is 2.33. The smallest absolute Gasteiger partial charge is 0.318 e. The number of imidazole rings is 1. The molecule has 0 radical (unpaired) electrons. The topological polar surface area (TPSA) is 94.2 Å². The fourth-order valence-electron chi connectivity index (χ4n) is 4.75. The lowest BCUT2D eigenvalue weighted by Gasteiger charge is -2.41. The monoisotopic (exact) mass is 432 g/mol. The molecule has 8 nitrogen and oxygen atoms in total. The Morgan fingerprint density at radius 2 is 1.88 bits per heavy atom. The summed E-state index contributed by atoms with van der Waals surface area (Å²) in [6.07, 6.45) is 8.85. The van der Waals surface area contributed by atoms with E-state index in [4.69, 9.17) is 4.98 Å². The highest BCUT2D eigenvalue weighted by atomic mass is 16.2. The Bertz CT molecular complexity index is 1060. The van der Waals surface area contributed by atoms with E-state index in [0.717, 1.165) is 36.7 Å². The first kappa shape index (κ1) is 20.5. The number of H-pyrrole nitrogens is 1. The minimum atomic E-state index is -0.347. The number of rotatable bonds is 3. The van der Waals surface area contributed by atoms with Crippen LogP contribution in [-0.2, 0) is 0 Å². The fraction of sp³-hybridized carbons (Fsp3) is 0.417. The molecule has 1 saturated heterocycles. The van der Waals surface area contributed by atoms with Crippen LogP contribution >= 0.6 is 0 Å². The molecule has 166 valence electrons. The van der Waals surface area contributed by atoms with Gasteiger partial charge in [0.05, 0.1) is 16.6 Å². The van der Waals surface area contributed by atoms with Crippen molar-refractivity contribution >= 4 is 23.0 Å². The molecule has 1 saturated carbocycles. The summed E-state index contributed by atoms with van der Waals surface area (Å²) in [5.74, 6) is 0.625. The van der Waals surface area contributed by atoms with E-state index in [-0.39, 0.29) is 24.0 Å². The van der Waals surface area contributed by atoms with Crippen LogP contribution in [0.25, 0.3) is 11.0 Å². The van der Waals surface area contributed by atoms with Crippen molar-refractivity contribution in [3.05, 3.63) is 60.2 Å². The van der Waals surface area contributed by atoms with E-state index in [1.54, 1.807) is 29.4 Å². The summed E-state index contributed by atoms with van der Waals surface area (Å²) in [7, 11) is 0. The normalized spacial score (nSPS) is 19.8. The molecular weight excluding hydrogens is 404 g/mol. The second-order valence-electron chi connectivity index (χ2n) is 8.63. The standard InChI is InChI=1S/C24H28N6O2/c31-23(17-7-6-12-25-15-17)29-13-14-30(24(32)26-18-8-2-1-3-9-18)21(16-29)22-27-19-10-4-5-11-20(19)28-22/h4-7,10-12,15,18,21H,1-3,8-9,13-14,16H2,(H,26,32)(H,27,28). The third-order valence-electron chi connectivity index (χ3n) is 6.49. The zero-order valence-corrected chi connectivity index (χ0v) is 18.0. The van der Waals surface area contributed by atoms with Gasteiger partial charge in [0, 0.05) is 38.1 Å². The molecule has 5 rings (SSSR count). The van der Waals surface area contributed by atoms with Crippen LogP contribution in [-0.4, -0.2) is 62.4 Å². The van der Waals surface area contributed by atoms with Crippen LogP contribution in [0.4, 0.5) is 4.79 Å². The van der Waals surface area contributed by atoms with Gasteiger partial charge in [-0.15, -0.1) is 0 Å². The van der Waals surface area contributed by atoms with E-state index in [1.807, 2.05) is 29.2 Å². The van der Waals surface area contributed by atoms with Crippen LogP contribution in [0.3, 0.4) is 0 Å². The molecule has 3 heterocycles. The van der Waals surface area contributed by atoms with E-state index >= 15 is 0 Å². The SMILES string of the molecule is O=C(c1cccnc1)N1CCN(C(=O)NC2CCCCC2)C(c2nc3ccccc3[nH]2)C1. The number of nitrogens with one attached hydrogen (secondary N) is 2. The Balaban J connectivity index is 1.41. The summed E-state index contributed by atoms with van der Waals surface area (Å²) in [6, 6.07) is 11.2. The van der Waals surface area contributed by atoms with Crippen molar-refractivity contribution in [2.24, 2.45) is 0 Å². The molecule has 1 aromatic carbocycles. The highest BCUT2D eigenvalue weighted by Gasteiger charge is 2.36. The van der Waals surface area contributed by atoms with Gasteiger partial charge in [0.1, 0.15) is 11.9 Å². The highest BCUT2D eigenvalue weighted by Crippen LogP contribution is 2.27. The minimum Gasteiger partial charge on any atom is -0.340 e. The molecular formula is C24H28N6O2. The fourth-order valence-corrected chi connectivity index (χ4v) is 4.75. The Hall–Kier alpha value is -3.42. The largest absolute Gasteiger partial charge is 0.340 e. The highest BCUT2D eigenvalue weighted by molar-refractivity contribution is 5.94. The predicted octanol–water partition coefficient (Wildman–Crippen LogP) is 3.50. The summed E-state index contributed by atoms with van der Waals surface area (Å²) in [5, 5.41) is 3.23. The number of fused-ring (bicyclic) bond motifs is 1. The molecule has 32 heavy (non-hydrogen) atoms. The number of pyridine rings is 1. The number of para-hydroxylation sites is 2. The van der Waals surface area contributed by atoms with Gasteiger partial charge in [0.15, 0.2) is 0 Å². The molecule has 2 N–H and O–H groups in total. The molecule has 2 fully saturated rings. The summed E-state index contributed by atoms with van der Waals surface area (Å²) in [4.78, 5) is 42.2. The van der Waals surface area contributed by atoms with Gasteiger partial charge < -0.3 is 20.1 Å². The number of piperazine rings is 1. The van der Waals surface area contributed by atoms with Crippen LogP contribution in [0.15, 0.2) is 48.8 Å². The lowest BCUT2D eigenvalue weighted by atomic mass is 9.95. The van der Waals surface area contributed by atoms with Crippen molar-refractivity contribution in [2.75, 3.05) is 19.6 Å². The van der Waals surface area contributed by atoms with Crippen molar-refractivity contribution in [1.29, 1.82) is 0 Å². The molecule has 2 aromatic heterocycles. The number of hydrogen-bond donors (Lipinski definition) is 2. The zero-order chi connectivity index (χ0) is 21.9. The van der Waals surface area contributed by atoms with Gasteiger partial charge in [-0.05, 0) is 37.1 Å². The van der Waals surface area contributed by atoms with Crippen molar-refractivity contribution in [3.8, 4) is 0 Å². The second-order valence-corrected chi connectivity index (χ2v) is 8.63. The predicted molar refractivity (Wildman–Crippen MR) is 121 cm³/mol. The van der Waals surface area contributed by atoms with E-state index in [1.165, 1.54) is 6.42 Å². The maximum atomic E-state index is 13.3. The quantitative estimate of drug-likeness (QED) is 0.662. The number of hydrogen-bond acceptors (Lipinski definition) is 4. The Morgan fingerprint density at radius 1 is 1.03 bits per heavy atom. The van der Waals surface area contributed by atoms with Crippen LogP contribution in [0.2, 0.25) is 0 Å². The lowest BCUT2D eigenvalue weighted by molar-refractivity contribution is 0.0539. The molecule has 8 heteroatoms. The van der Waals surface area contributed by atoms with E-state index in [9.17, 15) is 9.59 Å². The summed E-state index contributed by atoms with van der Waals surface area (Å²) < 4.78 is 0. The van der Waals surface area contributed by atoms with Gasteiger partial charge in [-0.25, -0.2) is 9.78 Å². The van der Waals surface area contributed by atoms with Crippen LogP contribution in [0.1, 0.15) is 54.3 Å². The molecule has 1 unspecified atom stereocenters. The zero-order valence-electron chi connectivity index (χ0n) is 18.0. The van der Waals surface area contributed by atoms with Gasteiger partial charge in [-0.2, -0.15) is 0 Å². The van der Waals surface area contributed by atoms with Gasteiger partial charge in [0.25, 0.3) is 5.91 Å². The molecule has 1 atom stereocenters. The molecule has 3 aromatic rings. The molecule has 1 aliphatic heterocycles. The Labute approximate surface area is 187 Å². The third-order valence-corrected chi connectivity index (χ3v) is 6.49. The van der Waals surface area contributed by atoms with Gasteiger partial charge in [-0.3, -0.25) is 9.78 Å². The first-order chi connectivity index (χ1) is 15.7. The third kappa shape index (κ3) is 4.17. The van der Waals surface area contributed by atoms with Gasteiger partial charge in [0.2, 0.25) is 0 Å². The van der Waals surface area contributed by atoms with Gasteiger partial charge in [-0.1, -0.05) is 31.4 Å². The van der Waals surface area contributed by atoms with E-state index < -0.39 is 0 Å². The van der Waals surface area contributed by atoms with Crippen molar-refractivity contribution in [3.63, 3.8) is 0 Å². The van der Waals surface area contributed by atoms with Crippen molar-refractivity contribution in [2.45, 2.75) is 44.2 Å². The average Bonchev–Trinajstić information content (AvgIpc) is 3.29. The number of carbonyl (C=O) groups is 2. The number of aromatic nitrogens is 3. The molecule has 3 amide bonds. The Morgan fingerprint density at radius 3 is 2.66 bits per heavy atom. The first-order valence-electron chi connectivity index (χ1n) is 11.4. The van der Waals surface area contributed by atoms with E-state index in [0.29, 0.717) is 31.0 Å². The van der Waals surface area contributed by atoms with Gasteiger partial charge >= 0.3 is 6.03 Å². The number of amides is 3. The maximum absolute atomic E-state index is 13.3. The number of nitrogens with zero attached hydrogens (tertiary/aromatic N) is 4. The molecule has 0 bridgehead atoms. The van der Waals surface area contributed by atoms with Crippen LogP contribution in [0.5, 0.6) is 0 Å². The molecule has 2 aliphatic rings. The lowest BCUT2D eigenvalue weighted by Crippen LogP contribution is -2.56. The number of benzene rings is 1. The number of carbonyl (C=O) groups excluding carboxylic acids is 2. The maximum Gasteiger partial charge on any atom is 0.318 e. The van der Waals surface area contributed by atoms with E-state index in [2.05, 4.69) is 15.3 Å². The van der Waals surface area contributed by atoms with Crippen molar-refractivity contribution in [1.82, 2.24) is 30.1 Å². The average molecular weight is 433 g/mol. The number of urea groups is 1. The van der Waals surface area contributed by atoms with Crippen molar-refractivity contribution < 1.29 is 9.59 Å². The first-order valence-corrected chi connectivity index (χ1v) is 11.4. The Kier molecular flexibility index (Phi) is 5.75. The second kappa shape index (κ2) is 8.98. The molecule has 1 aliphatic carbocycles. The summed E-state index contributed by atoms with van der Waals surface area (Å²) in [6.45, 7) is 1.31. The van der Waals surface area contributed by atoms with Crippen LogP contribution < -0.4 is 5.32 Å².